The molecule has 4 atom stereocenters. The summed E-state index contributed by atoms with van der Waals surface area (Å²) in [4.78, 5) is 24.4. The molecule has 0 unspecified atom stereocenters. The van der Waals surface area contributed by atoms with E-state index in [0.717, 1.165) is 27.3 Å². The molecule has 3 aromatic carbocycles. The van der Waals surface area contributed by atoms with Gasteiger partial charge in [0, 0.05) is 40.4 Å². The number of benzene rings is 3. The maximum Gasteiger partial charge on any atom is 0.411 e. The van der Waals surface area contributed by atoms with E-state index in [2.05, 4.69) is 24.1 Å². The molecule has 1 aliphatic heterocycles. The SMILES string of the molecule is C=CCOC(=O)Nc1cccc([C@H]2O[C@@H](CSc3ccc(NC(C)=O)cc3)[C@@H](C)[C@@H](c3ccc(CO)cc3)O2)c1. The van der Waals surface area contributed by atoms with E-state index in [4.69, 9.17) is 14.2 Å². The lowest BCUT2D eigenvalue weighted by Gasteiger charge is -2.41. The molecule has 3 aromatic rings. The summed E-state index contributed by atoms with van der Waals surface area (Å²) in [6, 6.07) is 22.8. The van der Waals surface area contributed by atoms with Gasteiger partial charge < -0.3 is 24.6 Å². The highest BCUT2D eigenvalue weighted by Crippen LogP contribution is 2.43. The first-order valence-corrected chi connectivity index (χ1v) is 14.0. The molecule has 0 radical (unpaired) electrons. The van der Waals surface area contributed by atoms with E-state index in [1.165, 1.54) is 13.0 Å². The average molecular weight is 563 g/mol. The Kier molecular flexibility index (Phi) is 10.4. The highest BCUT2D eigenvalue weighted by Gasteiger charge is 2.38. The lowest BCUT2D eigenvalue weighted by molar-refractivity contribution is -0.268. The van der Waals surface area contributed by atoms with Gasteiger partial charge in [0.05, 0.1) is 18.8 Å². The minimum atomic E-state index is -0.669. The fourth-order valence-electron chi connectivity index (χ4n) is 4.38. The van der Waals surface area contributed by atoms with Crippen LogP contribution in [0.1, 0.15) is 42.9 Å². The van der Waals surface area contributed by atoms with Gasteiger partial charge in [-0.3, -0.25) is 10.1 Å². The Labute approximate surface area is 238 Å². The van der Waals surface area contributed by atoms with E-state index in [0.29, 0.717) is 11.4 Å². The maximum atomic E-state index is 12.1. The number of carbonyl (C=O) groups is 2. The molecule has 8 nitrogen and oxygen atoms in total. The van der Waals surface area contributed by atoms with Crippen molar-refractivity contribution in [1.82, 2.24) is 0 Å². The Morgan fingerprint density at radius 3 is 2.42 bits per heavy atom. The van der Waals surface area contributed by atoms with Gasteiger partial charge >= 0.3 is 6.09 Å². The van der Waals surface area contributed by atoms with Gasteiger partial charge in [-0.25, -0.2) is 4.79 Å². The second-order valence-electron chi connectivity index (χ2n) is 9.48. The van der Waals surface area contributed by atoms with Crippen LogP contribution in [-0.2, 0) is 25.6 Å². The number of aliphatic hydroxyl groups is 1. The lowest BCUT2D eigenvalue weighted by atomic mass is 9.91. The van der Waals surface area contributed by atoms with Crippen molar-refractivity contribution in [1.29, 1.82) is 0 Å². The molecule has 0 spiro atoms. The summed E-state index contributed by atoms with van der Waals surface area (Å²) in [5, 5.41) is 15.0. The van der Waals surface area contributed by atoms with Crippen LogP contribution in [0.4, 0.5) is 16.2 Å². The highest BCUT2D eigenvalue weighted by atomic mass is 32.2. The molecule has 0 aromatic heterocycles. The van der Waals surface area contributed by atoms with Crippen molar-refractivity contribution in [3.05, 3.63) is 102 Å². The summed E-state index contributed by atoms with van der Waals surface area (Å²) < 4.78 is 18.1. The smallest absolute Gasteiger partial charge is 0.411 e. The Morgan fingerprint density at radius 2 is 1.75 bits per heavy atom. The molecule has 210 valence electrons. The van der Waals surface area contributed by atoms with Gasteiger partial charge in [-0.05, 0) is 47.5 Å². The zero-order valence-corrected chi connectivity index (χ0v) is 23.4. The Bertz CT molecular complexity index is 1300. The number of hydrogen-bond acceptors (Lipinski definition) is 7. The molecule has 40 heavy (non-hydrogen) atoms. The minimum Gasteiger partial charge on any atom is -0.445 e. The highest BCUT2D eigenvalue weighted by molar-refractivity contribution is 7.99. The first kappa shape index (κ1) is 29.4. The number of aliphatic hydroxyl groups excluding tert-OH is 1. The maximum absolute atomic E-state index is 12.1. The summed E-state index contributed by atoms with van der Waals surface area (Å²) in [6.07, 6.45) is -0.151. The van der Waals surface area contributed by atoms with Crippen molar-refractivity contribution in [3.63, 3.8) is 0 Å². The van der Waals surface area contributed by atoms with Gasteiger partial charge in [-0.1, -0.05) is 56.0 Å². The van der Waals surface area contributed by atoms with Gasteiger partial charge in [0.15, 0.2) is 6.29 Å². The topological polar surface area (TPSA) is 106 Å². The molecule has 0 aliphatic carbocycles. The number of nitrogens with one attached hydrogen (secondary N) is 2. The molecule has 0 bridgehead atoms. The van der Waals surface area contributed by atoms with E-state index < -0.39 is 12.4 Å². The number of amides is 2. The summed E-state index contributed by atoms with van der Waals surface area (Å²) in [5.41, 5.74) is 3.90. The van der Waals surface area contributed by atoms with E-state index in [1.54, 1.807) is 17.8 Å². The number of anilines is 2. The molecule has 1 heterocycles. The molecule has 4 rings (SSSR count). The standard InChI is InChI=1S/C31H34N2O6S/c1-4-16-37-31(36)33-26-7-5-6-24(17-26)30-38-28(19-40-27-14-12-25(13-15-27)32-21(3)35)20(2)29(39-30)23-10-8-22(18-34)9-11-23/h4-15,17,20,28-30,34H,1,16,18-19H2,2-3H3,(H,32,35)(H,33,36)/t20-,28+,29+,30+/m1/s1. The third-order valence-corrected chi connectivity index (χ3v) is 7.55. The molecule has 9 heteroatoms. The summed E-state index contributed by atoms with van der Waals surface area (Å²) in [6.45, 7) is 7.23. The van der Waals surface area contributed by atoms with Crippen LogP contribution in [0, 0.1) is 5.92 Å². The fourth-order valence-corrected chi connectivity index (χ4v) is 5.44. The van der Waals surface area contributed by atoms with Crippen molar-refractivity contribution in [3.8, 4) is 0 Å². The molecule has 1 fully saturated rings. The van der Waals surface area contributed by atoms with Crippen LogP contribution in [-0.4, -0.2) is 35.6 Å². The Morgan fingerprint density at radius 1 is 1.00 bits per heavy atom. The second-order valence-corrected chi connectivity index (χ2v) is 10.6. The van der Waals surface area contributed by atoms with E-state index in [-0.39, 0.29) is 37.2 Å². The molecule has 2 amide bonds. The largest absolute Gasteiger partial charge is 0.445 e. The summed E-state index contributed by atoms with van der Waals surface area (Å²) >= 11 is 1.67. The van der Waals surface area contributed by atoms with Crippen LogP contribution in [0.5, 0.6) is 0 Å². The van der Waals surface area contributed by atoms with Gasteiger partial charge in [0.2, 0.25) is 5.91 Å². The number of thioether (sulfide) groups is 1. The lowest BCUT2D eigenvalue weighted by Crippen LogP contribution is -2.38. The van der Waals surface area contributed by atoms with E-state index in [1.807, 2.05) is 66.7 Å². The Balaban J connectivity index is 1.54. The van der Waals surface area contributed by atoms with Gasteiger partial charge in [-0.15, -0.1) is 11.8 Å². The molecule has 1 saturated heterocycles. The van der Waals surface area contributed by atoms with Crippen molar-refractivity contribution >= 4 is 35.1 Å². The van der Waals surface area contributed by atoms with Gasteiger partial charge in [-0.2, -0.15) is 0 Å². The van der Waals surface area contributed by atoms with Crippen LogP contribution in [0.25, 0.3) is 0 Å². The van der Waals surface area contributed by atoms with Crippen LogP contribution < -0.4 is 10.6 Å². The molecular formula is C31H34N2O6S. The third-order valence-electron chi connectivity index (χ3n) is 6.45. The second kappa shape index (κ2) is 14.1. The molecule has 3 N–H and O–H groups in total. The average Bonchev–Trinajstić information content (AvgIpc) is 2.96. The van der Waals surface area contributed by atoms with Crippen molar-refractivity contribution in [2.24, 2.45) is 5.92 Å². The van der Waals surface area contributed by atoms with Crippen LogP contribution in [0.3, 0.4) is 0 Å². The first-order chi connectivity index (χ1) is 19.4. The predicted octanol–water partition coefficient (Wildman–Crippen LogP) is 6.46. The number of carbonyl (C=O) groups excluding carboxylic acids is 2. The predicted molar refractivity (Wildman–Crippen MR) is 156 cm³/mol. The first-order valence-electron chi connectivity index (χ1n) is 13.0. The van der Waals surface area contributed by atoms with Crippen LogP contribution in [0.2, 0.25) is 0 Å². The fraction of sp³-hybridized carbons (Fsp3) is 0.290. The van der Waals surface area contributed by atoms with E-state index in [9.17, 15) is 14.7 Å². The monoisotopic (exact) mass is 562 g/mol. The zero-order valence-electron chi connectivity index (χ0n) is 22.5. The molecular weight excluding hydrogens is 528 g/mol. The van der Waals surface area contributed by atoms with Gasteiger partial charge in [0.25, 0.3) is 0 Å². The van der Waals surface area contributed by atoms with E-state index >= 15 is 0 Å². The minimum absolute atomic E-state index is 0.0255. The summed E-state index contributed by atoms with van der Waals surface area (Å²) in [7, 11) is 0. The summed E-state index contributed by atoms with van der Waals surface area (Å²) in [5.74, 6) is 0.594. The number of rotatable bonds is 10. The normalized spacial score (nSPS) is 20.4. The van der Waals surface area contributed by atoms with Crippen LogP contribution in [0.15, 0.2) is 90.3 Å². The quantitative estimate of drug-likeness (QED) is 0.192. The van der Waals surface area contributed by atoms with Crippen molar-refractivity contribution in [2.75, 3.05) is 23.0 Å². The zero-order chi connectivity index (χ0) is 28.5. The number of ether oxygens (including phenoxy) is 3. The Hall–Kier alpha value is -3.63. The van der Waals surface area contributed by atoms with Crippen LogP contribution >= 0.6 is 11.8 Å². The van der Waals surface area contributed by atoms with Crippen molar-refractivity contribution < 1.29 is 28.9 Å². The number of hydrogen-bond donors (Lipinski definition) is 3. The van der Waals surface area contributed by atoms with Gasteiger partial charge in [0.1, 0.15) is 6.61 Å². The third kappa shape index (κ3) is 7.95. The molecule has 1 aliphatic rings. The molecule has 0 saturated carbocycles. The van der Waals surface area contributed by atoms with Crippen molar-refractivity contribution in [2.45, 2.75) is 43.8 Å².